The molecule has 0 aliphatic carbocycles. The molecular formula is C9H18N2O2. The zero-order valence-corrected chi connectivity index (χ0v) is 8.38. The first-order valence-electron chi connectivity index (χ1n) is 4.85. The van der Waals surface area contributed by atoms with E-state index in [0.29, 0.717) is 19.2 Å². The highest BCUT2D eigenvalue weighted by atomic mass is 16.5. The lowest BCUT2D eigenvalue weighted by atomic mass is 10.2. The van der Waals surface area contributed by atoms with E-state index in [1.54, 1.807) is 0 Å². The number of amides is 1. The van der Waals surface area contributed by atoms with Gasteiger partial charge in [-0.15, -0.1) is 0 Å². The minimum absolute atomic E-state index is 0.303. The monoisotopic (exact) mass is 186 g/mol. The number of nitrogens with zero attached hydrogens (tertiary/aromatic N) is 1. The summed E-state index contributed by atoms with van der Waals surface area (Å²) in [5.41, 5.74) is 0. The molecule has 1 aliphatic heterocycles. The summed E-state index contributed by atoms with van der Waals surface area (Å²) in [6.45, 7) is 4.13. The van der Waals surface area contributed by atoms with Crippen molar-refractivity contribution in [1.82, 2.24) is 10.2 Å². The lowest BCUT2D eigenvalue weighted by Gasteiger charge is -2.18. The molecule has 1 saturated heterocycles. The molecule has 1 rings (SSSR count). The minimum atomic E-state index is -0.303. The number of ether oxygens (including phenoxy) is 1. The Morgan fingerprint density at radius 3 is 3.00 bits per heavy atom. The molecule has 4 heteroatoms. The van der Waals surface area contributed by atoms with Gasteiger partial charge in [-0.1, -0.05) is 0 Å². The van der Waals surface area contributed by atoms with Gasteiger partial charge in [0.1, 0.15) is 6.61 Å². The standard InChI is InChI=1S/C9H18N2O2/c1-3-10-9(12)13-7-8-5-4-6-11(8)2/h8H,3-7H2,1-2H3,(H,10,12)/t8-/m0/s1. The van der Waals surface area contributed by atoms with Crippen LogP contribution in [0, 0.1) is 0 Å². The summed E-state index contributed by atoms with van der Waals surface area (Å²) in [5, 5.41) is 2.60. The van der Waals surface area contributed by atoms with Crippen molar-refractivity contribution in [2.24, 2.45) is 0 Å². The van der Waals surface area contributed by atoms with Gasteiger partial charge in [0.15, 0.2) is 0 Å². The number of hydrogen-bond acceptors (Lipinski definition) is 3. The van der Waals surface area contributed by atoms with Crippen molar-refractivity contribution in [2.75, 3.05) is 26.7 Å². The van der Waals surface area contributed by atoms with Crippen LogP contribution in [0.15, 0.2) is 0 Å². The molecule has 0 radical (unpaired) electrons. The van der Waals surface area contributed by atoms with Crippen LogP contribution >= 0.6 is 0 Å². The van der Waals surface area contributed by atoms with E-state index in [0.717, 1.165) is 13.0 Å². The number of likely N-dealkylation sites (N-methyl/N-ethyl adjacent to an activating group) is 1. The minimum Gasteiger partial charge on any atom is -0.448 e. The van der Waals surface area contributed by atoms with E-state index in [4.69, 9.17) is 4.74 Å². The highest BCUT2D eigenvalue weighted by Crippen LogP contribution is 2.14. The van der Waals surface area contributed by atoms with Gasteiger partial charge in [0, 0.05) is 12.6 Å². The third-order valence-corrected chi connectivity index (χ3v) is 2.40. The van der Waals surface area contributed by atoms with Gasteiger partial charge in [0.2, 0.25) is 0 Å². The Balaban J connectivity index is 2.14. The molecule has 0 aromatic rings. The molecule has 0 aromatic heterocycles. The lowest BCUT2D eigenvalue weighted by Crippen LogP contribution is -2.33. The summed E-state index contributed by atoms with van der Waals surface area (Å²) in [5.74, 6) is 0. The maximum Gasteiger partial charge on any atom is 0.407 e. The van der Waals surface area contributed by atoms with Gasteiger partial charge in [-0.3, -0.25) is 0 Å². The molecular weight excluding hydrogens is 168 g/mol. The van der Waals surface area contributed by atoms with Crippen LogP contribution < -0.4 is 5.32 Å². The van der Waals surface area contributed by atoms with Crippen LogP contribution in [0.4, 0.5) is 4.79 Å². The van der Waals surface area contributed by atoms with Gasteiger partial charge < -0.3 is 15.0 Å². The fraction of sp³-hybridized carbons (Fsp3) is 0.889. The van der Waals surface area contributed by atoms with Crippen molar-refractivity contribution >= 4 is 6.09 Å². The summed E-state index contributed by atoms with van der Waals surface area (Å²) in [6.07, 6.45) is 2.04. The molecule has 0 saturated carbocycles. The van der Waals surface area contributed by atoms with Crippen molar-refractivity contribution < 1.29 is 9.53 Å². The van der Waals surface area contributed by atoms with Crippen molar-refractivity contribution in [3.8, 4) is 0 Å². The molecule has 0 bridgehead atoms. The third-order valence-electron chi connectivity index (χ3n) is 2.40. The lowest BCUT2D eigenvalue weighted by molar-refractivity contribution is 0.116. The topological polar surface area (TPSA) is 41.6 Å². The zero-order chi connectivity index (χ0) is 9.68. The highest BCUT2D eigenvalue weighted by Gasteiger charge is 2.21. The van der Waals surface area contributed by atoms with Crippen LogP contribution in [-0.4, -0.2) is 43.8 Å². The third kappa shape index (κ3) is 3.22. The number of nitrogens with one attached hydrogen (secondary N) is 1. The number of rotatable bonds is 3. The molecule has 0 aromatic carbocycles. The first-order chi connectivity index (χ1) is 6.24. The summed E-state index contributed by atoms with van der Waals surface area (Å²) >= 11 is 0. The predicted molar refractivity (Wildman–Crippen MR) is 50.7 cm³/mol. The smallest absolute Gasteiger partial charge is 0.407 e. The van der Waals surface area contributed by atoms with E-state index in [9.17, 15) is 4.79 Å². The molecule has 76 valence electrons. The highest BCUT2D eigenvalue weighted by molar-refractivity contribution is 5.66. The Kier molecular flexibility index (Phi) is 4.02. The fourth-order valence-electron chi connectivity index (χ4n) is 1.56. The summed E-state index contributed by atoms with van der Waals surface area (Å²) in [4.78, 5) is 13.2. The summed E-state index contributed by atoms with van der Waals surface area (Å²) in [6, 6.07) is 0.419. The summed E-state index contributed by atoms with van der Waals surface area (Å²) in [7, 11) is 2.07. The van der Waals surface area contributed by atoms with E-state index >= 15 is 0 Å². The number of alkyl carbamates (subject to hydrolysis) is 1. The van der Waals surface area contributed by atoms with Gasteiger partial charge in [-0.25, -0.2) is 4.79 Å². The molecule has 1 amide bonds. The van der Waals surface area contributed by atoms with Crippen LogP contribution in [0.25, 0.3) is 0 Å². The van der Waals surface area contributed by atoms with Gasteiger partial charge in [-0.2, -0.15) is 0 Å². The molecule has 0 unspecified atom stereocenters. The SMILES string of the molecule is CCNC(=O)OC[C@@H]1CCCN1C. The first-order valence-corrected chi connectivity index (χ1v) is 4.85. The number of carbonyl (C=O) groups is 1. The fourth-order valence-corrected chi connectivity index (χ4v) is 1.56. The largest absolute Gasteiger partial charge is 0.448 e. The zero-order valence-electron chi connectivity index (χ0n) is 8.38. The van der Waals surface area contributed by atoms with Gasteiger partial charge in [0.25, 0.3) is 0 Å². The van der Waals surface area contributed by atoms with Gasteiger partial charge in [0.05, 0.1) is 0 Å². The van der Waals surface area contributed by atoms with Crippen molar-refractivity contribution in [1.29, 1.82) is 0 Å². The van der Waals surface area contributed by atoms with E-state index in [1.807, 2.05) is 6.92 Å². The molecule has 0 spiro atoms. The van der Waals surface area contributed by atoms with Crippen LogP contribution in [0.5, 0.6) is 0 Å². The van der Waals surface area contributed by atoms with Crippen LogP contribution in [0.1, 0.15) is 19.8 Å². The molecule has 1 N–H and O–H groups in total. The molecule has 1 atom stereocenters. The first kappa shape index (κ1) is 10.3. The maximum atomic E-state index is 11.0. The van der Waals surface area contributed by atoms with Crippen molar-refractivity contribution in [2.45, 2.75) is 25.8 Å². The molecule has 1 heterocycles. The van der Waals surface area contributed by atoms with Crippen LogP contribution in [0.2, 0.25) is 0 Å². The molecule has 4 nitrogen and oxygen atoms in total. The molecule has 1 fully saturated rings. The van der Waals surface area contributed by atoms with E-state index in [1.165, 1.54) is 6.42 Å². The Morgan fingerprint density at radius 1 is 1.69 bits per heavy atom. The van der Waals surface area contributed by atoms with Crippen LogP contribution in [-0.2, 0) is 4.74 Å². The quantitative estimate of drug-likeness (QED) is 0.709. The number of likely N-dealkylation sites (tertiary alicyclic amines) is 1. The Labute approximate surface area is 79.2 Å². The molecule has 13 heavy (non-hydrogen) atoms. The van der Waals surface area contributed by atoms with Crippen LogP contribution in [0.3, 0.4) is 0 Å². The second kappa shape index (κ2) is 5.07. The van der Waals surface area contributed by atoms with Crippen molar-refractivity contribution in [3.05, 3.63) is 0 Å². The van der Waals surface area contributed by atoms with Gasteiger partial charge in [-0.05, 0) is 33.4 Å². The summed E-state index contributed by atoms with van der Waals surface area (Å²) < 4.78 is 5.05. The maximum absolute atomic E-state index is 11.0. The van der Waals surface area contributed by atoms with Crippen molar-refractivity contribution in [3.63, 3.8) is 0 Å². The second-order valence-electron chi connectivity index (χ2n) is 3.41. The van der Waals surface area contributed by atoms with E-state index in [2.05, 4.69) is 17.3 Å². The normalized spacial score (nSPS) is 23.1. The van der Waals surface area contributed by atoms with Gasteiger partial charge >= 0.3 is 6.09 Å². The van der Waals surface area contributed by atoms with E-state index in [-0.39, 0.29) is 6.09 Å². The Bertz CT molecular complexity index is 173. The average molecular weight is 186 g/mol. The Morgan fingerprint density at radius 2 is 2.46 bits per heavy atom. The predicted octanol–water partition coefficient (Wildman–Crippen LogP) is 0.827. The van der Waals surface area contributed by atoms with E-state index < -0.39 is 0 Å². The number of hydrogen-bond donors (Lipinski definition) is 1. The average Bonchev–Trinajstić information content (AvgIpc) is 2.48. The molecule has 1 aliphatic rings. The second-order valence-corrected chi connectivity index (χ2v) is 3.41. The number of carbonyl (C=O) groups excluding carboxylic acids is 1. The Hall–Kier alpha value is -0.770.